The lowest BCUT2D eigenvalue weighted by Crippen LogP contribution is -2.31. The van der Waals surface area contributed by atoms with Gasteiger partial charge in [0.1, 0.15) is 0 Å². The Labute approximate surface area is 163 Å². The summed E-state index contributed by atoms with van der Waals surface area (Å²) in [6.07, 6.45) is 0. The monoisotopic (exact) mass is 406 g/mol. The Bertz CT molecular complexity index is 1020. The molecule has 2 aromatic carbocycles. The van der Waals surface area contributed by atoms with Crippen LogP contribution in [0.3, 0.4) is 0 Å². The van der Waals surface area contributed by atoms with Crippen molar-refractivity contribution in [1.29, 1.82) is 0 Å². The van der Waals surface area contributed by atoms with Gasteiger partial charge in [-0.1, -0.05) is 12.1 Å². The molecule has 0 fully saturated rings. The van der Waals surface area contributed by atoms with Crippen LogP contribution in [0.25, 0.3) is 0 Å². The molecule has 28 heavy (non-hydrogen) atoms. The third-order valence-electron chi connectivity index (χ3n) is 4.24. The fraction of sp³-hybridized carbons (Fsp3) is 0.316. The summed E-state index contributed by atoms with van der Waals surface area (Å²) in [5.41, 5.74) is 1.28. The standard InChI is InChI=1S/C19H22N2O6S/c1-5-20(17-11-15(9-7-13(17)3)19(22)27-6-2)28(25,26)16-10-8-14(4)18(12-16)21(23)24/h7-12H,5-6H2,1-4H3. The van der Waals surface area contributed by atoms with Crippen molar-refractivity contribution >= 4 is 27.4 Å². The van der Waals surface area contributed by atoms with Gasteiger partial charge in [0, 0.05) is 18.2 Å². The summed E-state index contributed by atoms with van der Waals surface area (Å²) >= 11 is 0. The van der Waals surface area contributed by atoms with Crippen LogP contribution in [0.5, 0.6) is 0 Å². The van der Waals surface area contributed by atoms with Crippen molar-refractivity contribution in [3.8, 4) is 0 Å². The van der Waals surface area contributed by atoms with Gasteiger partial charge in [-0.2, -0.15) is 0 Å². The lowest BCUT2D eigenvalue weighted by Gasteiger charge is -2.25. The van der Waals surface area contributed by atoms with E-state index in [1.807, 2.05) is 0 Å². The van der Waals surface area contributed by atoms with E-state index in [0.29, 0.717) is 16.8 Å². The van der Waals surface area contributed by atoms with E-state index < -0.39 is 20.9 Å². The first kappa shape index (κ1) is 21.4. The second-order valence-electron chi connectivity index (χ2n) is 6.10. The predicted octanol–water partition coefficient (Wildman–Crippen LogP) is 3.60. The van der Waals surface area contributed by atoms with Gasteiger partial charge < -0.3 is 4.74 Å². The van der Waals surface area contributed by atoms with Crippen LogP contribution in [0.1, 0.15) is 35.3 Å². The van der Waals surface area contributed by atoms with E-state index in [1.54, 1.807) is 39.8 Å². The van der Waals surface area contributed by atoms with E-state index >= 15 is 0 Å². The molecule has 2 aromatic rings. The molecule has 0 aromatic heterocycles. The Morgan fingerprint density at radius 2 is 1.75 bits per heavy atom. The molecule has 8 nitrogen and oxygen atoms in total. The number of anilines is 1. The average Bonchev–Trinajstić information content (AvgIpc) is 2.63. The zero-order chi connectivity index (χ0) is 21.1. The largest absolute Gasteiger partial charge is 0.462 e. The lowest BCUT2D eigenvalue weighted by molar-refractivity contribution is -0.385. The first-order valence-corrected chi connectivity index (χ1v) is 10.1. The average molecular weight is 406 g/mol. The molecule has 0 N–H and O–H groups in total. The van der Waals surface area contributed by atoms with Crippen LogP contribution in [-0.2, 0) is 14.8 Å². The molecule has 0 radical (unpaired) electrons. The number of nitro groups is 1. The van der Waals surface area contributed by atoms with Crippen LogP contribution in [0.2, 0.25) is 0 Å². The normalized spacial score (nSPS) is 11.1. The second kappa shape index (κ2) is 8.39. The number of sulfonamides is 1. The maximum Gasteiger partial charge on any atom is 0.338 e. The van der Waals surface area contributed by atoms with Crippen LogP contribution in [0.15, 0.2) is 41.3 Å². The highest BCUT2D eigenvalue weighted by Gasteiger charge is 2.28. The molecular weight excluding hydrogens is 384 g/mol. The lowest BCUT2D eigenvalue weighted by atomic mass is 10.1. The van der Waals surface area contributed by atoms with Gasteiger partial charge in [-0.3, -0.25) is 14.4 Å². The number of nitro benzene ring substituents is 1. The highest BCUT2D eigenvalue weighted by molar-refractivity contribution is 7.92. The summed E-state index contributed by atoms with van der Waals surface area (Å²) in [6.45, 7) is 6.87. The highest BCUT2D eigenvalue weighted by Crippen LogP contribution is 2.30. The number of hydrogen-bond acceptors (Lipinski definition) is 6. The Morgan fingerprint density at radius 3 is 2.32 bits per heavy atom. The maximum absolute atomic E-state index is 13.2. The summed E-state index contributed by atoms with van der Waals surface area (Å²) in [4.78, 5) is 22.4. The zero-order valence-electron chi connectivity index (χ0n) is 16.1. The molecule has 0 bridgehead atoms. The van der Waals surface area contributed by atoms with Gasteiger partial charge in [0.25, 0.3) is 15.7 Å². The van der Waals surface area contributed by atoms with Gasteiger partial charge >= 0.3 is 5.97 Å². The van der Waals surface area contributed by atoms with Crippen molar-refractivity contribution in [2.24, 2.45) is 0 Å². The van der Waals surface area contributed by atoms with Gasteiger partial charge in [0.05, 0.1) is 27.7 Å². The van der Waals surface area contributed by atoms with Crippen molar-refractivity contribution < 1.29 is 22.9 Å². The molecule has 0 aliphatic heterocycles. The minimum Gasteiger partial charge on any atom is -0.462 e. The van der Waals surface area contributed by atoms with E-state index in [2.05, 4.69) is 0 Å². The summed E-state index contributed by atoms with van der Waals surface area (Å²) in [6, 6.07) is 8.45. The predicted molar refractivity (Wildman–Crippen MR) is 105 cm³/mol. The molecule has 0 atom stereocenters. The van der Waals surface area contributed by atoms with E-state index in [9.17, 15) is 23.3 Å². The molecule has 9 heteroatoms. The number of ether oxygens (including phenoxy) is 1. The van der Waals surface area contributed by atoms with Crippen LogP contribution >= 0.6 is 0 Å². The topological polar surface area (TPSA) is 107 Å². The molecule has 0 amide bonds. The van der Waals surface area contributed by atoms with Gasteiger partial charge in [-0.05, 0) is 51.5 Å². The zero-order valence-corrected chi connectivity index (χ0v) is 16.9. The van der Waals surface area contributed by atoms with Gasteiger partial charge in [-0.25, -0.2) is 13.2 Å². The minimum absolute atomic E-state index is 0.0805. The molecule has 2 rings (SSSR count). The molecule has 0 spiro atoms. The molecule has 150 valence electrons. The van der Waals surface area contributed by atoms with Crippen LogP contribution in [-0.4, -0.2) is 32.5 Å². The van der Waals surface area contributed by atoms with Crippen LogP contribution in [0, 0.1) is 24.0 Å². The van der Waals surface area contributed by atoms with E-state index in [0.717, 1.165) is 10.4 Å². The van der Waals surface area contributed by atoms with Gasteiger partial charge in [0.2, 0.25) is 0 Å². The minimum atomic E-state index is -4.08. The highest BCUT2D eigenvalue weighted by atomic mass is 32.2. The van der Waals surface area contributed by atoms with E-state index in [-0.39, 0.29) is 29.3 Å². The second-order valence-corrected chi connectivity index (χ2v) is 7.96. The van der Waals surface area contributed by atoms with Crippen molar-refractivity contribution in [2.45, 2.75) is 32.6 Å². The van der Waals surface area contributed by atoms with Crippen molar-refractivity contribution in [3.63, 3.8) is 0 Å². The third kappa shape index (κ3) is 4.14. The SMILES string of the molecule is CCOC(=O)c1ccc(C)c(N(CC)S(=O)(=O)c2ccc(C)c([N+](=O)[O-])c2)c1. The summed E-state index contributed by atoms with van der Waals surface area (Å²) in [5.74, 6) is -0.553. The number of aryl methyl sites for hydroxylation is 2. The molecule has 0 aliphatic carbocycles. The number of hydrogen-bond donors (Lipinski definition) is 0. The summed E-state index contributed by atoms with van der Waals surface area (Å²) in [5, 5.41) is 11.2. The first-order chi connectivity index (χ1) is 13.1. The Balaban J connectivity index is 2.58. The van der Waals surface area contributed by atoms with E-state index in [4.69, 9.17) is 4.74 Å². The molecule has 0 aliphatic rings. The molecular formula is C19H22N2O6S. The molecule has 0 saturated carbocycles. The van der Waals surface area contributed by atoms with Crippen molar-refractivity contribution in [2.75, 3.05) is 17.5 Å². The summed E-state index contributed by atoms with van der Waals surface area (Å²) < 4.78 is 32.5. The quantitative estimate of drug-likeness (QED) is 0.395. The number of benzene rings is 2. The fourth-order valence-electron chi connectivity index (χ4n) is 2.76. The van der Waals surface area contributed by atoms with Crippen molar-refractivity contribution in [3.05, 3.63) is 63.2 Å². The fourth-order valence-corrected chi connectivity index (χ4v) is 4.31. The van der Waals surface area contributed by atoms with Gasteiger partial charge in [-0.15, -0.1) is 0 Å². The third-order valence-corrected chi connectivity index (χ3v) is 6.13. The van der Waals surface area contributed by atoms with E-state index in [1.165, 1.54) is 18.2 Å². The number of carbonyl (C=O) groups is 1. The number of carbonyl (C=O) groups excluding carboxylic acids is 1. The molecule has 0 saturated heterocycles. The smallest absolute Gasteiger partial charge is 0.338 e. The summed E-state index contributed by atoms with van der Waals surface area (Å²) in [7, 11) is -4.08. The Kier molecular flexibility index (Phi) is 6.40. The first-order valence-electron chi connectivity index (χ1n) is 8.69. The number of rotatable bonds is 7. The van der Waals surface area contributed by atoms with Crippen molar-refractivity contribution in [1.82, 2.24) is 0 Å². The maximum atomic E-state index is 13.2. The van der Waals surface area contributed by atoms with Crippen LogP contribution in [0.4, 0.5) is 11.4 Å². The Hall–Kier alpha value is -2.94. The molecule has 0 heterocycles. The van der Waals surface area contributed by atoms with Crippen LogP contribution < -0.4 is 4.31 Å². The number of esters is 1. The Morgan fingerprint density at radius 1 is 1.11 bits per heavy atom. The number of nitrogens with zero attached hydrogens (tertiary/aromatic N) is 2. The van der Waals surface area contributed by atoms with Gasteiger partial charge in [0.15, 0.2) is 0 Å². The molecule has 0 unspecified atom stereocenters.